The van der Waals surface area contributed by atoms with Crippen LogP contribution in [0.2, 0.25) is 0 Å². The zero-order chi connectivity index (χ0) is 63.4. The van der Waals surface area contributed by atoms with Gasteiger partial charge in [-0.1, -0.05) is 349 Å². The summed E-state index contributed by atoms with van der Waals surface area (Å²) in [4.78, 5) is 23.4. The summed E-state index contributed by atoms with van der Waals surface area (Å²) in [6.07, 6.45) is 98.7. The molecule has 0 spiro atoms. The lowest BCUT2D eigenvalue weighted by molar-refractivity contribution is -0.870. The summed E-state index contributed by atoms with van der Waals surface area (Å²) >= 11 is 0. The lowest BCUT2D eigenvalue weighted by Gasteiger charge is -2.25. The van der Waals surface area contributed by atoms with E-state index in [-0.39, 0.29) is 19.1 Å². The highest BCUT2D eigenvalue weighted by molar-refractivity contribution is 7.47. The van der Waals surface area contributed by atoms with Gasteiger partial charge in [0, 0.05) is 6.42 Å². The second-order valence-corrected chi connectivity index (χ2v) is 27.7. The normalized spacial score (nSPS) is 14.1. The van der Waals surface area contributed by atoms with Gasteiger partial charge in [-0.3, -0.25) is 13.8 Å². The van der Waals surface area contributed by atoms with Gasteiger partial charge in [0.25, 0.3) is 0 Å². The SMILES string of the molecule is CC/C=C\C/C=C\C/C=C\C/C=C\C/C=C\C/C=C\CCCCCCCCCCCCCCCCCCCCCCCCC(=O)NC(COP(=O)(O)OCC[N+](C)(C)C)C(O)/C=C/CC/C=C/CCCCCCCCCCCCCCCCCCCC. The zero-order valence-electron chi connectivity index (χ0n) is 58.0. The number of hydrogen-bond acceptors (Lipinski definition) is 5. The van der Waals surface area contributed by atoms with Crippen LogP contribution >= 0.6 is 7.82 Å². The molecule has 1 amide bonds. The Hall–Kier alpha value is -2.58. The van der Waals surface area contributed by atoms with Crippen molar-refractivity contribution < 1.29 is 32.9 Å². The van der Waals surface area contributed by atoms with Crippen LogP contribution in [0.1, 0.15) is 341 Å². The van der Waals surface area contributed by atoms with Gasteiger partial charge in [0.15, 0.2) is 0 Å². The van der Waals surface area contributed by atoms with E-state index in [1.807, 2.05) is 27.2 Å². The van der Waals surface area contributed by atoms with E-state index in [0.717, 1.165) is 77.0 Å². The predicted molar refractivity (Wildman–Crippen MR) is 383 cm³/mol. The molecular formula is C78H144N2O6P+. The van der Waals surface area contributed by atoms with Crippen molar-refractivity contribution in [1.29, 1.82) is 0 Å². The molecule has 0 bridgehead atoms. The van der Waals surface area contributed by atoms with Gasteiger partial charge in [-0.2, -0.15) is 0 Å². The van der Waals surface area contributed by atoms with Crippen LogP contribution in [-0.4, -0.2) is 73.4 Å². The number of carbonyl (C=O) groups is 1. The summed E-state index contributed by atoms with van der Waals surface area (Å²) in [5.74, 6) is -0.182. The van der Waals surface area contributed by atoms with Crippen molar-refractivity contribution in [2.75, 3.05) is 40.9 Å². The lowest BCUT2D eigenvalue weighted by Crippen LogP contribution is -2.45. The fourth-order valence-corrected chi connectivity index (χ4v) is 11.6. The number of nitrogens with zero attached hydrogens (tertiary/aromatic N) is 1. The Kier molecular flexibility index (Phi) is 65.8. The van der Waals surface area contributed by atoms with E-state index in [4.69, 9.17) is 9.05 Å². The summed E-state index contributed by atoms with van der Waals surface area (Å²) in [5.41, 5.74) is 0. The first-order valence-corrected chi connectivity index (χ1v) is 38.6. The Labute approximate surface area is 540 Å². The maximum absolute atomic E-state index is 13.1. The summed E-state index contributed by atoms with van der Waals surface area (Å²) in [6, 6.07) is -0.867. The van der Waals surface area contributed by atoms with Crippen LogP contribution in [0.3, 0.4) is 0 Å². The molecule has 0 aliphatic rings. The number of carbonyl (C=O) groups excluding carboxylic acids is 1. The molecule has 0 rings (SSSR count). The minimum atomic E-state index is -4.37. The molecule has 0 heterocycles. The van der Waals surface area contributed by atoms with Crippen LogP contribution in [0, 0.1) is 0 Å². The zero-order valence-corrected chi connectivity index (χ0v) is 58.9. The summed E-state index contributed by atoms with van der Waals surface area (Å²) in [5, 5.41) is 14.0. The smallest absolute Gasteiger partial charge is 0.387 e. The lowest BCUT2D eigenvalue weighted by atomic mass is 10.0. The molecule has 0 aromatic heterocycles. The number of phosphoric acid groups is 1. The average Bonchev–Trinajstić information content (AvgIpc) is 3.71. The first kappa shape index (κ1) is 84.4. The number of quaternary nitrogens is 1. The molecule has 87 heavy (non-hydrogen) atoms. The molecule has 0 aromatic rings. The number of rotatable bonds is 68. The van der Waals surface area contributed by atoms with Crippen LogP contribution in [-0.2, 0) is 18.4 Å². The molecule has 3 unspecified atom stereocenters. The highest BCUT2D eigenvalue weighted by Gasteiger charge is 2.28. The molecule has 0 aliphatic carbocycles. The Balaban J connectivity index is 3.99. The van der Waals surface area contributed by atoms with Gasteiger partial charge >= 0.3 is 7.82 Å². The molecule has 0 fully saturated rings. The van der Waals surface area contributed by atoms with Crippen LogP contribution in [0.15, 0.2) is 97.2 Å². The second kappa shape index (κ2) is 67.8. The minimum absolute atomic E-state index is 0.0554. The summed E-state index contributed by atoms with van der Waals surface area (Å²) < 4.78 is 23.8. The summed E-state index contributed by atoms with van der Waals surface area (Å²) in [7, 11) is 1.56. The number of nitrogens with one attached hydrogen (secondary N) is 1. The van der Waals surface area contributed by atoms with Crippen LogP contribution in [0.5, 0.6) is 0 Å². The first-order chi connectivity index (χ1) is 42.5. The molecule has 0 saturated carbocycles. The van der Waals surface area contributed by atoms with Crippen molar-refractivity contribution in [2.45, 2.75) is 353 Å². The highest BCUT2D eigenvalue weighted by atomic mass is 31.2. The molecule has 3 atom stereocenters. The number of likely N-dealkylation sites (N-methyl/N-ethyl adjacent to an activating group) is 1. The molecular weight excluding hydrogens is 1090 g/mol. The molecule has 0 radical (unpaired) electrons. The minimum Gasteiger partial charge on any atom is -0.387 e. The van der Waals surface area contributed by atoms with Crippen LogP contribution < -0.4 is 5.32 Å². The number of aliphatic hydroxyl groups excluding tert-OH is 1. The third-order valence-electron chi connectivity index (χ3n) is 16.5. The van der Waals surface area contributed by atoms with Crippen molar-refractivity contribution in [3.05, 3.63) is 97.2 Å². The fourth-order valence-electron chi connectivity index (χ4n) is 10.8. The predicted octanol–water partition coefficient (Wildman–Crippen LogP) is 24.1. The number of allylic oxidation sites excluding steroid dienone is 15. The topological polar surface area (TPSA) is 105 Å². The monoisotopic (exact) mass is 1240 g/mol. The van der Waals surface area contributed by atoms with Crippen molar-refractivity contribution in [3.63, 3.8) is 0 Å². The largest absolute Gasteiger partial charge is 0.472 e. The van der Waals surface area contributed by atoms with E-state index in [9.17, 15) is 19.4 Å². The van der Waals surface area contributed by atoms with E-state index < -0.39 is 20.0 Å². The van der Waals surface area contributed by atoms with Crippen LogP contribution in [0.4, 0.5) is 0 Å². The Morgan fingerprint density at radius 2 is 0.701 bits per heavy atom. The molecule has 0 aliphatic heterocycles. The van der Waals surface area contributed by atoms with E-state index in [1.165, 1.54) is 244 Å². The second-order valence-electron chi connectivity index (χ2n) is 26.3. The van der Waals surface area contributed by atoms with Crippen molar-refractivity contribution in [2.24, 2.45) is 0 Å². The van der Waals surface area contributed by atoms with E-state index >= 15 is 0 Å². The Morgan fingerprint density at radius 3 is 1.06 bits per heavy atom. The van der Waals surface area contributed by atoms with E-state index in [0.29, 0.717) is 17.4 Å². The van der Waals surface area contributed by atoms with Gasteiger partial charge in [-0.25, -0.2) is 4.57 Å². The van der Waals surface area contributed by atoms with Crippen LogP contribution in [0.25, 0.3) is 0 Å². The quantitative estimate of drug-likeness (QED) is 0.0243. The van der Waals surface area contributed by atoms with Gasteiger partial charge in [0.1, 0.15) is 13.2 Å². The van der Waals surface area contributed by atoms with Gasteiger partial charge in [0.2, 0.25) is 5.91 Å². The molecule has 9 heteroatoms. The number of phosphoric ester groups is 1. The van der Waals surface area contributed by atoms with Gasteiger partial charge in [0.05, 0.1) is 39.9 Å². The standard InChI is InChI=1S/C78H143N2O6P/c1-6-8-10-12-14-16-18-20-22-24-26-28-30-32-33-34-35-36-37-38-39-40-41-42-43-44-45-46-47-48-50-52-54-56-58-60-62-64-66-68-70-72-78(82)79-76(75-86-87(83,84)85-74-73-80(3,4)5)77(81)71-69-67-65-63-61-59-57-55-53-51-49-31-29-27-25-23-21-19-17-15-13-11-9-7-2/h8,10,14,16,20,22,26,28,32-33,35-36,61,63,69,71,76-77,81H,6-7,9,11-13,15,17-19,21,23-25,27,29-31,34,37-60,62,64-68,70,72-75H2,1-5H3,(H-,79,82,83,84)/p+1/b10-8-,16-14-,22-20-,28-26-,33-32-,36-35-,63-61+,71-69+. The molecule has 506 valence electrons. The molecule has 8 nitrogen and oxygen atoms in total. The Morgan fingerprint density at radius 1 is 0.402 bits per heavy atom. The molecule has 0 aromatic carbocycles. The fraction of sp³-hybridized carbons (Fsp3) is 0.782. The van der Waals surface area contributed by atoms with Gasteiger partial charge in [-0.05, 0) is 83.5 Å². The third kappa shape index (κ3) is 70.7. The number of unbranched alkanes of at least 4 members (excludes halogenated alkanes) is 41. The molecule has 0 saturated heterocycles. The Bertz CT molecular complexity index is 1740. The maximum Gasteiger partial charge on any atom is 0.472 e. The van der Waals surface area contributed by atoms with E-state index in [2.05, 4.69) is 104 Å². The third-order valence-corrected chi connectivity index (χ3v) is 17.5. The number of aliphatic hydroxyl groups is 1. The maximum atomic E-state index is 13.1. The van der Waals surface area contributed by atoms with Gasteiger partial charge < -0.3 is 19.8 Å². The van der Waals surface area contributed by atoms with Crippen molar-refractivity contribution in [1.82, 2.24) is 5.32 Å². The van der Waals surface area contributed by atoms with Gasteiger partial charge in [-0.15, -0.1) is 0 Å². The first-order valence-electron chi connectivity index (χ1n) is 37.1. The summed E-state index contributed by atoms with van der Waals surface area (Å²) in [6.45, 7) is 4.72. The average molecular weight is 1240 g/mol. The van der Waals surface area contributed by atoms with E-state index in [1.54, 1.807) is 6.08 Å². The molecule has 3 N–H and O–H groups in total. The van der Waals surface area contributed by atoms with Crippen molar-refractivity contribution in [3.8, 4) is 0 Å². The highest BCUT2D eigenvalue weighted by Crippen LogP contribution is 2.43. The number of hydrogen-bond donors (Lipinski definition) is 3. The van der Waals surface area contributed by atoms with Crippen molar-refractivity contribution >= 4 is 13.7 Å². The number of amides is 1.